The van der Waals surface area contributed by atoms with Gasteiger partial charge in [0, 0.05) is 31.9 Å². The van der Waals surface area contributed by atoms with Gasteiger partial charge in [-0.1, -0.05) is 0 Å². The van der Waals surface area contributed by atoms with Crippen molar-refractivity contribution in [3.63, 3.8) is 0 Å². The van der Waals surface area contributed by atoms with Crippen LogP contribution in [0.3, 0.4) is 0 Å². The van der Waals surface area contributed by atoms with Crippen molar-refractivity contribution >= 4 is 21.7 Å². The second kappa shape index (κ2) is 5.12. The number of hydrogen-bond donors (Lipinski definition) is 2. The lowest BCUT2D eigenvalue weighted by molar-refractivity contribution is 0.184. The topological polar surface area (TPSA) is 48.4 Å². The Kier molecular flexibility index (Phi) is 3.78. The minimum Gasteiger partial charge on any atom is -0.390 e. The number of aryl methyl sites for hydroxylation is 1. The lowest BCUT2D eigenvalue weighted by atomic mass is 10.3. The molecular weight excluding hydrogens is 270 g/mol. The number of halogens is 1. The Balaban J connectivity index is 2.24. The van der Waals surface area contributed by atoms with E-state index in [1.807, 2.05) is 19.1 Å². The summed E-state index contributed by atoms with van der Waals surface area (Å²) in [6.07, 6.45) is -0.336. The third-order valence-corrected chi connectivity index (χ3v) is 3.25. The lowest BCUT2D eigenvalue weighted by Crippen LogP contribution is -2.33. The highest BCUT2D eigenvalue weighted by Crippen LogP contribution is 2.24. The molecule has 1 unspecified atom stereocenters. The Bertz CT molecular complexity index is 372. The molecule has 0 aliphatic carbocycles. The first-order valence-corrected chi connectivity index (χ1v) is 6.23. The standard InChI is InChI=1S/C11H16BrN3O/c1-8-2-3-10(12)11(14-8)15-5-4-13-6-9(16)7-15/h2-3,9,13,16H,4-7H2,1H3. The molecule has 0 aromatic carbocycles. The third-order valence-electron chi connectivity index (χ3n) is 2.64. The first-order chi connectivity index (χ1) is 7.66. The average molecular weight is 286 g/mol. The van der Waals surface area contributed by atoms with Crippen LogP contribution in [0.1, 0.15) is 5.69 Å². The van der Waals surface area contributed by atoms with Gasteiger partial charge in [0.2, 0.25) is 0 Å². The molecule has 1 aromatic heterocycles. The summed E-state index contributed by atoms with van der Waals surface area (Å²) in [4.78, 5) is 6.63. The van der Waals surface area contributed by atoms with Crippen molar-refractivity contribution in [1.82, 2.24) is 10.3 Å². The molecule has 1 aromatic rings. The Hall–Kier alpha value is -0.650. The maximum absolute atomic E-state index is 9.73. The number of anilines is 1. The van der Waals surface area contributed by atoms with E-state index in [0.29, 0.717) is 13.1 Å². The van der Waals surface area contributed by atoms with Crippen molar-refractivity contribution in [3.8, 4) is 0 Å². The van der Waals surface area contributed by atoms with Crippen molar-refractivity contribution in [2.45, 2.75) is 13.0 Å². The maximum Gasteiger partial charge on any atom is 0.143 e. The fourth-order valence-electron chi connectivity index (χ4n) is 1.83. The molecule has 1 fully saturated rings. The molecule has 0 bridgehead atoms. The van der Waals surface area contributed by atoms with Crippen LogP contribution in [-0.4, -0.2) is 42.4 Å². The van der Waals surface area contributed by atoms with Gasteiger partial charge >= 0.3 is 0 Å². The molecule has 88 valence electrons. The first-order valence-electron chi connectivity index (χ1n) is 5.43. The molecule has 1 saturated heterocycles. The van der Waals surface area contributed by atoms with Gasteiger partial charge < -0.3 is 15.3 Å². The van der Waals surface area contributed by atoms with Crippen LogP contribution in [-0.2, 0) is 0 Å². The Morgan fingerprint density at radius 3 is 3.19 bits per heavy atom. The maximum atomic E-state index is 9.73. The molecule has 1 aliphatic heterocycles. The summed E-state index contributed by atoms with van der Waals surface area (Å²) in [5.41, 5.74) is 0.991. The van der Waals surface area contributed by atoms with Crippen LogP contribution in [0.2, 0.25) is 0 Å². The predicted molar refractivity (Wildman–Crippen MR) is 67.8 cm³/mol. The number of nitrogens with one attached hydrogen (secondary N) is 1. The number of aliphatic hydroxyl groups excluding tert-OH is 1. The van der Waals surface area contributed by atoms with Crippen molar-refractivity contribution in [3.05, 3.63) is 22.3 Å². The van der Waals surface area contributed by atoms with Crippen LogP contribution in [0, 0.1) is 6.92 Å². The number of hydrogen-bond acceptors (Lipinski definition) is 4. The van der Waals surface area contributed by atoms with Gasteiger partial charge in [0.15, 0.2) is 0 Å². The smallest absolute Gasteiger partial charge is 0.143 e. The van der Waals surface area contributed by atoms with E-state index in [4.69, 9.17) is 0 Å². The summed E-state index contributed by atoms with van der Waals surface area (Å²) in [7, 11) is 0. The Morgan fingerprint density at radius 2 is 2.38 bits per heavy atom. The summed E-state index contributed by atoms with van der Waals surface area (Å²) in [6.45, 7) is 5.00. The van der Waals surface area contributed by atoms with E-state index in [9.17, 15) is 5.11 Å². The monoisotopic (exact) mass is 285 g/mol. The number of nitrogens with zero attached hydrogens (tertiary/aromatic N) is 2. The van der Waals surface area contributed by atoms with E-state index < -0.39 is 0 Å². The second-order valence-corrected chi connectivity index (χ2v) is 4.92. The summed E-state index contributed by atoms with van der Waals surface area (Å²) < 4.78 is 0.979. The number of aliphatic hydroxyl groups is 1. The average Bonchev–Trinajstić information content (AvgIpc) is 2.46. The van der Waals surface area contributed by atoms with Gasteiger partial charge in [-0.15, -0.1) is 0 Å². The number of pyridine rings is 1. The largest absolute Gasteiger partial charge is 0.390 e. The Labute approximate surface area is 104 Å². The van der Waals surface area contributed by atoms with Gasteiger partial charge in [-0.05, 0) is 35.0 Å². The van der Waals surface area contributed by atoms with E-state index in [0.717, 1.165) is 29.1 Å². The molecule has 5 heteroatoms. The van der Waals surface area contributed by atoms with Crippen molar-refractivity contribution in [1.29, 1.82) is 0 Å². The minimum atomic E-state index is -0.336. The van der Waals surface area contributed by atoms with Crippen LogP contribution < -0.4 is 10.2 Å². The summed E-state index contributed by atoms with van der Waals surface area (Å²) in [6, 6.07) is 3.97. The highest BCUT2D eigenvalue weighted by molar-refractivity contribution is 9.10. The fourth-order valence-corrected chi connectivity index (χ4v) is 2.30. The normalized spacial score (nSPS) is 21.9. The van der Waals surface area contributed by atoms with Crippen LogP contribution in [0.5, 0.6) is 0 Å². The summed E-state index contributed by atoms with van der Waals surface area (Å²) in [5, 5.41) is 12.9. The van der Waals surface area contributed by atoms with Crippen LogP contribution >= 0.6 is 15.9 Å². The molecule has 4 nitrogen and oxygen atoms in total. The highest BCUT2D eigenvalue weighted by Gasteiger charge is 2.18. The number of β-amino-alcohol motifs (C(OH)–C–C–N with tert-alkyl or cyclic N) is 1. The molecule has 0 amide bonds. The molecule has 1 atom stereocenters. The van der Waals surface area contributed by atoms with Gasteiger partial charge in [-0.2, -0.15) is 0 Å². The van der Waals surface area contributed by atoms with Gasteiger partial charge in [0.05, 0.1) is 10.6 Å². The molecular formula is C11H16BrN3O. The van der Waals surface area contributed by atoms with Crippen molar-refractivity contribution in [2.24, 2.45) is 0 Å². The summed E-state index contributed by atoms with van der Waals surface area (Å²) in [5.74, 6) is 0.919. The van der Waals surface area contributed by atoms with Crippen molar-refractivity contribution < 1.29 is 5.11 Å². The highest BCUT2D eigenvalue weighted by atomic mass is 79.9. The first kappa shape index (κ1) is 11.8. The van der Waals surface area contributed by atoms with E-state index >= 15 is 0 Å². The predicted octanol–water partition coefficient (Wildman–Crippen LogP) is 0.923. The minimum absolute atomic E-state index is 0.336. The van der Waals surface area contributed by atoms with Gasteiger partial charge in [-0.3, -0.25) is 0 Å². The second-order valence-electron chi connectivity index (χ2n) is 4.06. The van der Waals surface area contributed by atoms with E-state index in [1.165, 1.54) is 0 Å². The third kappa shape index (κ3) is 2.72. The molecule has 2 heterocycles. The Morgan fingerprint density at radius 1 is 1.56 bits per heavy atom. The van der Waals surface area contributed by atoms with Gasteiger partial charge in [-0.25, -0.2) is 4.98 Å². The molecule has 0 saturated carbocycles. The fraction of sp³-hybridized carbons (Fsp3) is 0.545. The quantitative estimate of drug-likeness (QED) is 0.806. The van der Waals surface area contributed by atoms with E-state index in [2.05, 4.69) is 31.1 Å². The van der Waals surface area contributed by atoms with Crippen LogP contribution in [0.15, 0.2) is 16.6 Å². The molecule has 2 rings (SSSR count). The van der Waals surface area contributed by atoms with Crippen molar-refractivity contribution in [2.75, 3.05) is 31.1 Å². The SMILES string of the molecule is Cc1ccc(Br)c(N2CCNCC(O)C2)n1. The van der Waals surface area contributed by atoms with Gasteiger partial charge in [0.25, 0.3) is 0 Å². The molecule has 0 spiro atoms. The van der Waals surface area contributed by atoms with E-state index in [1.54, 1.807) is 0 Å². The van der Waals surface area contributed by atoms with E-state index in [-0.39, 0.29) is 6.10 Å². The van der Waals surface area contributed by atoms with Crippen LogP contribution in [0.25, 0.3) is 0 Å². The molecule has 2 N–H and O–H groups in total. The molecule has 16 heavy (non-hydrogen) atoms. The lowest BCUT2D eigenvalue weighted by Gasteiger charge is -2.24. The number of rotatable bonds is 1. The zero-order chi connectivity index (χ0) is 11.5. The van der Waals surface area contributed by atoms with Gasteiger partial charge in [0.1, 0.15) is 5.82 Å². The summed E-state index contributed by atoms with van der Waals surface area (Å²) >= 11 is 3.51. The zero-order valence-corrected chi connectivity index (χ0v) is 10.9. The molecule has 0 radical (unpaired) electrons. The zero-order valence-electron chi connectivity index (χ0n) is 9.28. The number of aromatic nitrogens is 1. The van der Waals surface area contributed by atoms with Crippen LogP contribution in [0.4, 0.5) is 5.82 Å². The molecule has 1 aliphatic rings.